The number of aryl methyl sites for hydroxylation is 1. The molecule has 1 fully saturated rings. The third kappa shape index (κ3) is 2.59. The van der Waals surface area contributed by atoms with Gasteiger partial charge in [0.1, 0.15) is 6.07 Å². The van der Waals surface area contributed by atoms with Gasteiger partial charge < -0.3 is 10.1 Å². The van der Waals surface area contributed by atoms with Crippen LogP contribution in [0.2, 0.25) is 0 Å². The highest BCUT2D eigenvalue weighted by atomic mass is 16.5. The molecule has 1 N–H and O–H groups in total. The number of ether oxygens (including phenoxy) is 1. The smallest absolute Gasteiger partial charge is 0.101 e. The zero-order chi connectivity index (χ0) is 12.3. The topological polar surface area (TPSA) is 45.0 Å². The molecule has 3 heteroatoms. The van der Waals surface area contributed by atoms with Gasteiger partial charge in [-0.25, -0.2) is 0 Å². The monoisotopic (exact) mass is 230 g/mol. The van der Waals surface area contributed by atoms with Crippen LogP contribution in [0, 0.1) is 24.2 Å². The lowest BCUT2D eigenvalue weighted by molar-refractivity contribution is 0.183. The zero-order valence-corrected chi connectivity index (χ0v) is 10.4. The van der Waals surface area contributed by atoms with Crippen LogP contribution < -0.4 is 5.32 Å². The second kappa shape index (κ2) is 5.20. The molecule has 2 unspecified atom stereocenters. The molecule has 0 bridgehead atoms. The van der Waals surface area contributed by atoms with E-state index in [4.69, 9.17) is 10.00 Å². The Bertz CT molecular complexity index is 430. The summed E-state index contributed by atoms with van der Waals surface area (Å²) in [5.74, 6) is 0.543. The van der Waals surface area contributed by atoms with Gasteiger partial charge in [0.2, 0.25) is 0 Å². The van der Waals surface area contributed by atoms with Crippen LogP contribution in [0.5, 0.6) is 0 Å². The van der Waals surface area contributed by atoms with Crippen LogP contribution in [-0.2, 0) is 4.74 Å². The van der Waals surface area contributed by atoms with Gasteiger partial charge >= 0.3 is 0 Å². The molecule has 1 aromatic carbocycles. The van der Waals surface area contributed by atoms with E-state index in [0.29, 0.717) is 12.0 Å². The van der Waals surface area contributed by atoms with E-state index < -0.39 is 0 Å². The number of anilines is 1. The van der Waals surface area contributed by atoms with E-state index in [1.165, 1.54) is 0 Å². The molecule has 0 aromatic heterocycles. The first-order chi connectivity index (χ1) is 8.22. The minimum atomic E-state index is 0.339. The molecule has 0 radical (unpaired) electrons. The van der Waals surface area contributed by atoms with Crippen molar-refractivity contribution in [2.45, 2.75) is 26.3 Å². The van der Waals surface area contributed by atoms with Gasteiger partial charge in [0, 0.05) is 18.6 Å². The standard InChI is InChI=1S/C14H18N2O/c1-10-4-3-5-12(8-15)14(10)16-11(2)13-6-7-17-9-13/h3-5,11,13,16H,6-7,9H2,1-2H3. The van der Waals surface area contributed by atoms with Crippen molar-refractivity contribution in [1.29, 1.82) is 5.26 Å². The molecule has 0 amide bonds. The van der Waals surface area contributed by atoms with Crippen molar-refractivity contribution in [3.8, 4) is 6.07 Å². The van der Waals surface area contributed by atoms with Crippen LogP contribution >= 0.6 is 0 Å². The number of hydrogen-bond acceptors (Lipinski definition) is 3. The van der Waals surface area contributed by atoms with Crippen LogP contribution in [0.1, 0.15) is 24.5 Å². The molecule has 1 aliphatic heterocycles. The Morgan fingerprint density at radius 1 is 1.53 bits per heavy atom. The molecule has 17 heavy (non-hydrogen) atoms. The summed E-state index contributed by atoms with van der Waals surface area (Å²) >= 11 is 0. The average molecular weight is 230 g/mol. The van der Waals surface area contributed by atoms with Crippen molar-refractivity contribution < 1.29 is 4.74 Å². The Kier molecular flexibility index (Phi) is 3.65. The van der Waals surface area contributed by atoms with Crippen molar-refractivity contribution in [3.05, 3.63) is 29.3 Å². The van der Waals surface area contributed by atoms with Gasteiger partial charge in [0.25, 0.3) is 0 Å². The second-order valence-electron chi connectivity index (χ2n) is 4.67. The van der Waals surface area contributed by atoms with E-state index in [0.717, 1.165) is 36.4 Å². The van der Waals surface area contributed by atoms with E-state index in [-0.39, 0.29) is 0 Å². The molecule has 0 spiro atoms. The van der Waals surface area contributed by atoms with E-state index >= 15 is 0 Å². The maximum absolute atomic E-state index is 9.11. The molecule has 3 nitrogen and oxygen atoms in total. The van der Waals surface area contributed by atoms with E-state index in [1.54, 1.807) is 0 Å². The first-order valence-corrected chi connectivity index (χ1v) is 6.06. The summed E-state index contributed by atoms with van der Waals surface area (Å²) in [4.78, 5) is 0. The summed E-state index contributed by atoms with van der Waals surface area (Å²) in [7, 11) is 0. The zero-order valence-electron chi connectivity index (χ0n) is 10.4. The third-order valence-electron chi connectivity index (χ3n) is 3.44. The molecule has 0 aliphatic carbocycles. The summed E-state index contributed by atoms with van der Waals surface area (Å²) in [6.45, 7) is 5.87. The predicted molar refractivity (Wildman–Crippen MR) is 67.9 cm³/mol. The van der Waals surface area contributed by atoms with Crippen molar-refractivity contribution in [3.63, 3.8) is 0 Å². The molecule has 0 saturated carbocycles. The molecule has 1 aromatic rings. The minimum Gasteiger partial charge on any atom is -0.381 e. The SMILES string of the molecule is Cc1cccc(C#N)c1NC(C)C1CCOC1. The lowest BCUT2D eigenvalue weighted by atomic mass is 9.99. The number of nitrogens with zero attached hydrogens (tertiary/aromatic N) is 1. The number of nitriles is 1. The van der Waals surface area contributed by atoms with E-state index in [2.05, 4.69) is 18.3 Å². The largest absolute Gasteiger partial charge is 0.381 e. The third-order valence-corrected chi connectivity index (χ3v) is 3.44. The average Bonchev–Trinajstić information content (AvgIpc) is 2.85. The fraction of sp³-hybridized carbons (Fsp3) is 0.500. The predicted octanol–water partition coefficient (Wildman–Crippen LogP) is 2.70. The molecule has 1 saturated heterocycles. The fourth-order valence-electron chi connectivity index (χ4n) is 2.25. The molecule has 90 valence electrons. The van der Waals surface area contributed by atoms with Crippen LogP contribution in [0.4, 0.5) is 5.69 Å². The van der Waals surface area contributed by atoms with Gasteiger partial charge in [-0.2, -0.15) is 5.26 Å². The van der Waals surface area contributed by atoms with Gasteiger partial charge in [0.15, 0.2) is 0 Å². The van der Waals surface area contributed by atoms with E-state index in [1.807, 2.05) is 25.1 Å². The maximum atomic E-state index is 9.11. The summed E-state index contributed by atoms with van der Waals surface area (Å²) < 4.78 is 5.40. The lowest BCUT2D eigenvalue weighted by Gasteiger charge is -2.22. The van der Waals surface area contributed by atoms with Gasteiger partial charge in [-0.05, 0) is 31.9 Å². The summed E-state index contributed by atoms with van der Waals surface area (Å²) in [6.07, 6.45) is 1.10. The van der Waals surface area contributed by atoms with Crippen molar-refractivity contribution >= 4 is 5.69 Å². The molecule has 2 atom stereocenters. The van der Waals surface area contributed by atoms with Crippen LogP contribution in [0.15, 0.2) is 18.2 Å². The highest BCUT2D eigenvalue weighted by Crippen LogP contribution is 2.24. The number of benzene rings is 1. The molecule has 1 heterocycles. The first kappa shape index (κ1) is 11.9. The Morgan fingerprint density at radius 2 is 2.35 bits per heavy atom. The molecular weight excluding hydrogens is 212 g/mol. The van der Waals surface area contributed by atoms with Crippen molar-refractivity contribution in [2.24, 2.45) is 5.92 Å². The number of para-hydroxylation sites is 1. The normalized spacial score (nSPS) is 20.9. The Morgan fingerprint density at radius 3 is 3.00 bits per heavy atom. The lowest BCUT2D eigenvalue weighted by Crippen LogP contribution is -2.26. The highest BCUT2D eigenvalue weighted by molar-refractivity contribution is 5.62. The fourth-order valence-corrected chi connectivity index (χ4v) is 2.25. The number of hydrogen-bond donors (Lipinski definition) is 1. The Labute approximate surface area is 102 Å². The van der Waals surface area contributed by atoms with Gasteiger partial charge in [0.05, 0.1) is 17.9 Å². The van der Waals surface area contributed by atoms with Crippen molar-refractivity contribution in [1.82, 2.24) is 0 Å². The summed E-state index contributed by atoms with van der Waals surface area (Å²) in [6, 6.07) is 8.38. The van der Waals surface area contributed by atoms with Gasteiger partial charge in [-0.15, -0.1) is 0 Å². The quantitative estimate of drug-likeness (QED) is 0.868. The second-order valence-corrected chi connectivity index (χ2v) is 4.67. The molecule has 2 rings (SSSR count). The first-order valence-electron chi connectivity index (χ1n) is 6.06. The van der Waals surface area contributed by atoms with E-state index in [9.17, 15) is 0 Å². The Hall–Kier alpha value is -1.53. The molecular formula is C14H18N2O. The van der Waals surface area contributed by atoms with Crippen LogP contribution in [-0.4, -0.2) is 19.3 Å². The Balaban J connectivity index is 2.15. The van der Waals surface area contributed by atoms with Gasteiger partial charge in [-0.1, -0.05) is 12.1 Å². The number of nitrogens with one attached hydrogen (secondary N) is 1. The van der Waals surface area contributed by atoms with Crippen molar-refractivity contribution in [2.75, 3.05) is 18.5 Å². The summed E-state index contributed by atoms with van der Waals surface area (Å²) in [5, 5.41) is 12.6. The minimum absolute atomic E-state index is 0.339. The van der Waals surface area contributed by atoms with Gasteiger partial charge in [-0.3, -0.25) is 0 Å². The van der Waals surface area contributed by atoms with Crippen LogP contribution in [0.25, 0.3) is 0 Å². The maximum Gasteiger partial charge on any atom is 0.101 e. The van der Waals surface area contributed by atoms with Crippen LogP contribution in [0.3, 0.4) is 0 Å². The summed E-state index contributed by atoms with van der Waals surface area (Å²) in [5.41, 5.74) is 2.81. The molecule has 1 aliphatic rings. The number of rotatable bonds is 3. The highest BCUT2D eigenvalue weighted by Gasteiger charge is 2.23.